The van der Waals surface area contributed by atoms with Gasteiger partial charge in [-0.25, -0.2) is 0 Å². The smallest absolute Gasteiger partial charge is 0.115 e. The Morgan fingerprint density at radius 2 is 1.95 bits per heavy atom. The minimum Gasteiger partial charge on any atom is -0.508 e. The second-order valence-electron chi connectivity index (χ2n) is 4.93. The van der Waals surface area contributed by atoms with E-state index in [4.69, 9.17) is 0 Å². The van der Waals surface area contributed by atoms with Gasteiger partial charge in [-0.2, -0.15) is 0 Å². The first-order valence-electron chi connectivity index (χ1n) is 6.93. The van der Waals surface area contributed by atoms with Crippen molar-refractivity contribution < 1.29 is 5.11 Å². The van der Waals surface area contributed by atoms with E-state index in [1.807, 2.05) is 18.2 Å². The van der Waals surface area contributed by atoms with Crippen molar-refractivity contribution in [2.75, 3.05) is 13.1 Å². The fourth-order valence-corrected chi connectivity index (χ4v) is 2.77. The molecule has 0 radical (unpaired) electrons. The minimum absolute atomic E-state index is 0.332. The molecule has 0 saturated carbocycles. The van der Waals surface area contributed by atoms with E-state index in [-0.39, 0.29) is 0 Å². The Balaban J connectivity index is 2.19. The topological polar surface area (TPSA) is 32.3 Å². The van der Waals surface area contributed by atoms with Gasteiger partial charge in [0.15, 0.2) is 0 Å². The van der Waals surface area contributed by atoms with Gasteiger partial charge in [0.1, 0.15) is 5.75 Å². The van der Waals surface area contributed by atoms with Gasteiger partial charge in [-0.05, 0) is 48.4 Å². The zero-order chi connectivity index (χ0) is 14.4. The van der Waals surface area contributed by atoms with Crippen molar-refractivity contribution in [2.24, 2.45) is 0 Å². The van der Waals surface area contributed by atoms with E-state index in [2.05, 4.69) is 52.4 Å². The zero-order valence-electron chi connectivity index (χ0n) is 11.6. The lowest BCUT2D eigenvalue weighted by Gasteiger charge is -2.18. The first kappa shape index (κ1) is 15.1. The summed E-state index contributed by atoms with van der Waals surface area (Å²) in [7, 11) is 0. The van der Waals surface area contributed by atoms with Crippen molar-refractivity contribution in [1.29, 1.82) is 0 Å². The summed E-state index contributed by atoms with van der Waals surface area (Å²) in [6.07, 6.45) is 0.915. The third-order valence-electron chi connectivity index (χ3n) is 3.35. The number of hydrogen-bond donors (Lipinski definition) is 2. The fourth-order valence-electron chi connectivity index (χ4n) is 2.35. The van der Waals surface area contributed by atoms with Gasteiger partial charge in [-0.15, -0.1) is 0 Å². The van der Waals surface area contributed by atoms with E-state index in [1.54, 1.807) is 6.07 Å². The number of phenolic OH excluding ortho intramolecular Hbond substituents is 1. The molecule has 1 atom stereocenters. The molecule has 0 aromatic heterocycles. The van der Waals surface area contributed by atoms with Gasteiger partial charge in [-0.1, -0.05) is 47.1 Å². The quantitative estimate of drug-likeness (QED) is 0.834. The van der Waals surface area contributed by atoms with Crippen LogP contribution in [-0.2, 0) is 6.42 Å². The molecule has 106 valence electrons. The number of nitrogens with one attached hydrogen (secondary N) is 1. The van der Waals surface area contributed by atoms with Crippen LogP contribution in [0.5, 0.6) is 5.75 Å². The van der Waals surface area contributed by atoms with Crippen molar-refractivity contribution in [1.82, 2.24) is 5.32 Å². The maximum absolute atomic E-state index is 9.59. The highest BCUT2D eigenvalue weighted by molar-refractivity contribution is 9.10. The van der Waals surface area contributed by atoms with Crippen LogP contribution in [0, 0.1) is 0 Å². The average molecular weight is 334 g/mol. The molecule has 2 aromatic rings. The predicted molar refractivity (Wildman–Crippen MR) is 87.2 cm³/mol. The molecule has 0 aliphatic heterocycles. The minimum atomic E-state index is 0.332. The third-order valence-corrected chi connectivity index (χ3v) is 3.85. The van der Waals surface area contributed by atoms with Gasteiger partial charge in [-0.3, -0.25) is 0 Å². The maximum atomic E-state index is 9.59. The van der Waals surface area contributed by atoms with Gasteiger partial charge in [0.25, 0.3) is 0 Å². The molecule has 0 aliphatic rings. The van der Waals surface area contributed by atoms with Crippen LogP contribution in [0.2, 0.25) is 0 Å². The molecule has 0 spiro atoms. The first-order valence-corrected chi connectivity index (χ1v) is 7.72. The summed E-state index contributed by atoms with van der Waals surface area (Å²) in [5.41, 5.74) is 2.47. The van der Waals surface area contributed by atoms with Crippen molar-refractivity contribution in [3.05, 3.63) is 64.1 Å². The molecule has 0 fully saturated rings. The van der Waals surface area contributed by atoms with Crippen LogP contribution < -0.4 is 5.32 Å². The Hall–Kier alpha value is -1.32. The third kappa shape index (κ3) is 4.36. The number of rotatable bonds is 6. The van der Waals surface area contributed by atoms with E-state index in [0.29, 0.717) is 11.7 Å². The Kier molecular flexibility index (Phi) is 5.62. The van der Waals surface area contributed by atoms with Gasteiger partial charge in [0, 0.05) is 16.9 Å². The average Bonchev–Trinajstić information content (AvgIpc) is 2.43. The largest absolute Gasteiger partial charge is 0.508 e. The van der Waals surface area contributed by atoms with Crippen molar-refractivity contribution in [3.63, 3.8) is 0 Å². The summed E-state index contributed by atoms with van der Waals surface area (Å²) in [6, 6.07) is 16.0. The van der Waals surface area contributed by atoms with E-state index >= 15 is 0 Å². The van der Waals surface area contributed by atoms with Crippen molar-refractivity contribution in [3.8, 4) is 5.75 Å². The Morgan fingerprint density at radius 3 is 2.65 bits per heavy atom. The summed E-state index contributed by atoms with van der Waals surface area (Å²) < 4.78 is 1.10. The van der Waals surface area contributed by atoms with E-state index in [0.717, 1.165) is 29.5 Å². The highest BCUT2D eigenvalue weighted by atomic mass is 79.9. The molecule has 2 N–H and O–H groups in total. The van der Waals surface area contributed by atoms with Crippen LogP contribution in [0.15, 0.2) is 53.0 Å². The van der Waals surface area contributed by atoms with E-state index in [9.17, 15) is 5.11 Å². The Bertz CT molecular complexity index is 556. The van der Waals surface area contributed by atoms with Crippen LogP contribution in [0.4, 0.5) is 0 Å². The molecular formula is C17H20BrNO. The van der Waals surface area contributed by atoms with Crippen LogP contribution >= 0.6 is 15.9 Å². The first-order chi connectivity index (χ1) is 9.69. The molecule has 0 bridgehead atoms. The summed E-state index contributed by atoms with van der Waals surface area (Å²) in [5, 5.41) is 13.0. The number of hydrogen-bond acceptors (Lipinski definition) is 2. The predicted octanol–water partition coefficient (Wildman–Crippen LogP) is 4.09. The molecule has 1 unspecified atom stereocenters. The zero-order valence-corrected chi connectivity index (χ0v) is 13.2. The molecule has 3 heteroatoms. The Labute approximate surface area is 129 Å². The van der Waals surface area contributed by atoms with Crippen LogP contribution in [0.25, 0.3) is 0 Å². The number of phenols is 1. The number of aromatic hydroxyl groups is 1. The monoisotopic (exact) mass is 333 g/mol. The molecule has 2 aromatic carbocycles. The summed E-state index contributed by atoms with van der Waals surface area (Å²) in [6.45, 7) is 4.01. The lowest BCUT2D eigenvalue weighted by Crippen LogP contribution is -2.22. The van der Waals surface area contributed by atoms with Crippen LogP contribution in [-0.4, -0.2) is 18.2 Å². The van der Waals surface area contributed by atoms with Crippen molar-refractivity contribution in [2.45, 2.75) is 19.3 Å². The second-order valence-corrected chi connectivity index (χ2v) is 5.85. The molecule has 0 aliphatic carbocycles. The van der Waals surface area contributed by atoms with Gasteiger partial charge < -0.3 is 10.4 Å². The SMILES string of the molecule is CCNCC(Cc1cccc(O)c1)c1cccc(Br)c1. The van der Waals surface area contributed by atoms with Crippen molar-refractivity contribution >= 4 is 15.9 Å². The number of halogens is 1. The highest BCUT2D eigenvalue weighted by Gasteiger charge is 2.12. The summed E-state index contributed by atoms with van der Waals surface area (Å²) in [4.78, 5) is 0. The lowest BCUT2D eigenvalue weighted by molar-refractivity contribution is 0.474. The molecular weight excluding hydrogens is 314 g/mol. The van der Waals surface area contributed by atoms with E-state index in [1.165, 1.54) is 5.56 Å². The van der Waals surface area contributed by atoms with Gasteiger partial charge in [0.05, 0.1) is 0 Å². The molecule has 0 heterocycles. The standard InChI is InChI=1S/C17H20BrNO/c1-2-19-12-15(14-6-4-7-16(18)11-14)9-13-5-3-8-17(20)10-13/h3-8,10-11,15,19-20H,2,9,12H2,1H3. The molecule has 2 nitrogen and oxygen atoms in total. The summed E-state index contributed by atoms with van der Waals surface area (Å²) >= 11 is 3.54. The maximum Gasteiger partial charge on any atom is 0.115 e. The normalized spacial score (nSPS) is 12.3. The fraction of sp³-hybridized carbons (Fsp3) is 0.294. The highest BCUT2D eigenvalue weighted by Crippen LogP contribution is 2.24. The molecule has 0 amide bonds. The second kappa shape index (κ2) is 7.46. The van der Waals surface area contributed by atoms with Crippen LogP contribution in [0.1, 0.15) is 24.0 Å². The lowest BCUT2D eigenvalue weighted by atomic mass is 9.92. The molecule has 2 rings (SSSR count). The molecule has 20 heavy (non-hydrogen) atoms. The van der Waals surface area contributed by atoms with Gasteiger partial charge in [0.2, 0.25) is 0 Å². The van der Waals surface area contributed by atoms with E-state index < -0.39 is 0 Å². The molecule has 0 saturated heterocycles. The number of benzene rings is 2. The summed E-state index contributed by atoms with van der Waals surface area (Å²) in [5.74, 6) is 0.730. The van der Waals surface area contributed by atoms with Gasteiger partial charge >= 0.3 is 0 Å². The Morgan fingerprint density at radius 1 is 1.15 bits per heavy atom. The van der Waals surface area contributed by atoms with Crippen LogP contribution in [0.3, 0.4) is 0 Å². The number of likely N-dealkylation sites (N-methyl/N-ethyl adjacent to an activating group) is 1.